The maximum atomic E-state index is 12.7. The number of thiophene rings is 1. The highest BCUT2D eigenvalue weighted by atomic mass is 32.2. The lowest BCUT2D eigenvalue weighted by atomic mass is 10.2. The van der Waals surface area contributed by atoms with E-state index in [0.29, 0.717) is 22.6 Å². The average Bonchev–Trinajstić information content (AvgIpc) is 3.40. The van der Waals surface area contributed by atoms with E-state index in [4.69, 9.17) is 0 Å². The summed E-state index contributed by atoms with van der Waals surface area (Å²) < 4.78 is 54.6. The number of carbonyl (C=O) groups is 1. The molecular weight excluding hydrogens is 518 g/mol. The molecule has 186 valence electrons. The molecule has 0 saturated heterocycles. The van der Waals surface area contributed by atoms with Gasteiger partial charge in [0.15, 0.2) is 0 Å². The molecule has 0 fully saturated rings. The molecule has 8 nitrogen and oxygen atoms in total. The minimum absolute atomic E-state index is 0.0568. The van der Waals surface area contributed by atoms with Gasteiger partial charge in [0.1, 0.15) is 4.21 Å². The zero-order valence-corrected chi connectivity index (χ0v) is 21.8. The van der Waals surface area contributed by atoms with Gasteiger partial charge in [-0.15, -0.1) is 11.3 Å². The summed E-state index contributed by atoms with van der Waals surface area (Å²) in [5.41, 5.74) is 2.53. The molecule has 0 aliphatic heterocycles. The minimum atomic E-state index is -3.78. The molecular formula is C25H23N3O5S3. The van der Waals surface area contributed by atoms with E-state index in [0.717, 1.165) is 21.2 Å². The van der Waals surface area contributed by atoms with Crippen molar-refractivity contribution in [3.8, 4) is 0 Å². The molecule has 4 rings (SSSR count). The smallest absolute Gasteiger partial charge is 0.273 e. The van der Waals surface area contributed by atoms with Crippen LogP contribution in [0.1, 0.15) is 15.9 Å². The highest BCUT2D eigenvalue weighted by molar-refractivity contribution is 7.94. The van der Waals surface area contributed by atoms with Gasteiger partial charge in [-0.05, 0) is 84.6 Å². The second-order valence-corrected chi connectivity index (χ2v) is 12.7. The number of sulfonamides is 2. The van der Waals surface area contributed by atoms with Crippen molar-refractivity contribution >= 4 is 54.4 Å². The number of anilines is 3. The standard InChI is InChI=1S/C25H23N3O5S3/c1-18-5-3-6-21(17-18)27-35(30,31)23-14-10-20(11-15-23)26-25(29)19-8-12-22(13-9-19)28(2)36(32,33)24-7-4-16-34-24/h3-17,27H,1-2H3,(H,26,29). The Morgan fingerprint density at radius 2 is 1.53 bits per heavy atom. The van der Waals surface area contributed by atoms with Crippen LogP contribution >= 0.6 is 11.3 Å². The summed E-state index contributed by atoms with van der Waals surface area (Å²) >= 11 is 1.13. The number of rotatable bonds is 8. The lowest BCUT2D eigenvalue weighted by Crippen LogP contribution is -2.25. The van der Waals surface area contributed by atoms with Crippen LogP contribution in [-0.4, -0.2) is 29.8 Å². The maximum Gasteiger partial charge on any atom is 0.273 e. The van der Waals surface area contributed by atoms with Crippen LogP contribution in [0.3, 0.4) is 0 Å². The van der Waals surface area contributed by atoms with E-state index in [1.807, 2.05) is 13.0 Å². The summed E-state index contributed by atoms with van der Waals surface area (Å²) in [4.78, 5) is 12.7. The Morgan fingerprint density at radius 1 is 0.833 bits per heavy atom. The van der Waals surface area contributed by atoms with Crippen molar-refractivity contribution in [2.45, 2.75) is 16.0 Å². The summed E-state index contributed by atoms with van der Waals surface area (Å²) in [7, 11) is -6.00. The lowest BCUT2D eigenvalue weighted by molar-refractivity contribution is 0.102. The number of carbonyl (C=O) groups excluding carboxylic acids is 1. The molecule has 0 aliphatic rings. The predicted octanol–water partition coefficient (Wildman–Crippen LogP) is 4.93. The van der Waals surface area contributed by atoms with Crippen LogP contribution < -0.4 is 14.3 Å². The molecule has 3 aromatic carbocycles. The minimum Gasteiger partial charge on any atom is -0.322 e. The van der Waals surface area contributed by atoms with E-state index in [2.05, 4.69) is 10.0 Å². The van der Waals surface area contributed by atoms with Gasteiger partial charge in [-0.25, -0.2) is 16.8 Å². The van der Waals surface area contributed by atoms with Crippen molar-refractivity contribution in [1.29, 1.82) is 0 Å². The topological polar surface area (TPSA) is 113 Å². The van der Waals surface area contributed by atoms with Gasteiger partial charge < -0.3 is 5.32 Å². The first-order valence-corrected chi connectivity index (χ1v) is 14.5. The van der Waals surface area contributed by atoms with Crippen LogP contribution in [0.4, 0.5) is 17.1 Å². The molecule has 0 saturated carbocycles. The van der Waals surface area contributed by atoms with E-state index in [1.54, 1.807) is 41.8 Å². The van der Waals surface area contributed by atoms with Gasteiger partial charge in [-0.3, -0.25) is 13.8 Å². The first kappa shape index (κ1) is 25.4. The lowest BCUT2D eigenvalue weighted by Gasteiger charge is -2.18. The van der Waals surface area contributed by atoms with E-state index >= 15 is 0 Å². The fourth-order valence-corrected chi connectivity index (χ4v) is 6.76. The third kappa shape index (κ3) is 5.59. The Bertz CT molecular complexity index is 1580. The van der Waals surface area contributed by atoms with Crippen molar-refractivity contribution in [3.63, 3.8) is 0 Å². The van der Waals surface area contributed by atoms with Crippen LogP contribution in [0, 0.1) is 6.92 Å². The second-order valence-electron chi connectivity index (χ2n) is 7.90. The fourth-order valence-electron chi connectivity index (χ4n) is 3.35. The van der Waals surface area contributed by atoms with Crippen LogP contribution in [0.2, 0.25) is 0 Å². The van der Waals surface area contributed by atoms with Crippen molar-refractivity contribution in [2.24, 2.45) is 0 Å². The van der Waals surface area contributed by atoms with Crippen LogP contribution in [-0.2, 0) is 20.0 Å². The number of nitrogens with one attached hydrogen (secondary N) is 2. The molecule has 0 atom stereocenters. The monoisotopic (exact) mass is 541 g/mol. The Kier molecular flexibility index (Phi) is 7.16. The Hall–Kier alpha value is -3.67. The molecule has 0 spiro atoms. The molecule has 0 radical (unpaired) electrons. The summed E-state index contributed by atoms with van der Waals surface area (Å²) in [6.07, 6.45) is 0. The van der Waals surface area contributed by atoms with Gasteiger partial charge in [0.25, 0.3) is 26.0 Å². The first-order chi connectivity index (χ1) is 17.1. The second kappa shape index (κ2) is 10.1. The van der Waals surface area contributed by atoms with Crippen LogP contribution in [0.25, 0.3) is 0 Å². The van der Waals surface area contributed by atoms with Crippen molar-refractivity contribution in [2.75, 3.05) is 21.4 Å². The molecule has 1 amide bonds. The zero-order valence-electron chi connectivity index (χ0n) is 19.4. The number of hydrogen-bond acceptors (Lipinski definition) is 6. The number of hydrogen-bond donors (Lipinski definition) is 2. The SMILES string of the molecule is Cc1cccc(NS(=O)(=O)c2ccc(NC(=O)c3ccc(N(C)S(=O)(=O)c4cccs4)cc3)cc2)c1. The Balaban J connectivity index is 1.43. The third-order valence-corrected chi connectivity index (χ3v) is 9.85. The quantitative estimate of drug-likeness (QED) is 0.328. The van der Waals surface area contributed by atoms with Crippen LogP contribution in [0.15, 0.2) is 99.4 Å². The van der Waals surface area contributed by atoms with E-state index < -0.39 is 26.0 Å². The molecule has 2 N–H and O–H groups in total. The Morgan fingerprint density at radius 3 is 2.14 bits per heavy atom. The number of aryl methyl sites for hydroxylation is 1. The highest BCUT2D eigenvalue weighted by Gasteiger charge is 2.22. The largest absolute Gasteiger partial charge is 0.322 e. The van der Waals surface area contributed by atoms with Gasteiger partial charge in [0.2, 0.25) is 0 Å². The molecule has 0 unspecified atom stereocenters. The normalized spacial score (nSPS) is 11.6. The van der Waals surface area contributed by atoms with Crippen molar-refractivity contribution in [1.82, 2.24) is 0 Å². The first-order valence-electron chi connectivity index (χ1n) is 10.7. The van der Waals surface area contributed by atoms with Crippen LogP contribution in [0.5, 0.6) is 0 Å². The third-order valence-electron chi connectivity index (χ3n) is 5.30. The highest BCUT2D eigenvalue weighted by Crippen LogP contribution is 2.26. The van der Waals surface area contributed by atoms with Crippen molar-refractivity contribution < 1.29 is 21.6 Å². The van der Waals surface area contributed by atoms with E-state index in [9.17, 15) is 21.6 Å². The molecule has 0 aliphatic carbocycles. The van der Waals surface area contributed by atoms with Gasteiger partial charge >= 0.3 is 0 Å². The molecule has 0 bridgehead atoms. The number of nitrogens with zero attached hydrogens (tertiary/aromatic N) is 1. The molecule has 36 heavy (non-hydrogen) atoms. The molecule has 1 aromatic heterocycles. The summed E-state index contributed by atoms with van der Waals surface area (Å²) in [5.74, 6) is -0.418. The molecule has 4 aromatic rings. The molecule has 1 heterocycles. The summed E-state index contributed by atoms with van der Waals surface area (Å²) in [5, 5.41) is 4.40. The van der Waals surface area contributed by atoms with E-state index in [1.165, 1.54) is 49.5 Å². The number of benzene rings is 3. The van der Waals surface area contributed by atoms with Gasteiger partial charge in [0.05, 0.1) is 10.6 Å². The van der Waals surface area contributed by atoms with Gasteiger partial charge in [-0.1, -0.05) is 18.2 Å². The number of amides is 1. The average molecular weight is 542 g/mol. The molecule has 11 heteroatoms. The van der Waals surface area contributed by atoms with Crippen molar-refractivity contribution in [3.05, 3.63) is 101 Å². The summed E-state index contributed by atoms with van der Waals surface area (Å²) in [6, 6.07) is 22.2. The maximum absolute atomic E-state index is 12.7. The van der Waals surface area contributed by atoms with Gasteiger partial charge in [0, 0.05) is 24.0 Å². The van der Waals surface area contributed by atoms with Gasteiger partial charge in [-0.2, -0.15) is 0 Å². The fraction of sp³-hybridized carbons (Fsp3) is 0.0800. The summed E-state index contributed by atoms with van der Waals surface area (Å²) in [6.45, 7) is 1.87. The zero-order chi connectivity index (χ0) is 25.9. The predicted molar refractivity (Wildman–Crippen MR) is 143 cm³/mol. The Labute approximate surface area is 214 Å². The van der Waals surface area contributed by atoms with E-state index in [-0.39, 0.29) is 9.10 Å².